The lowest BCUT2D eigenvalue weighted by atomic mass is 9.75. The summed E-state index contributed by atoms with van der Waals surface area (Å²) in [5.74, 6) is -4.16. The highest BCUT2D eigenvalue weighted by Crippen LogP contribution is 2.47. The molecule has 0 spiro atoms. The first kappa shape index (κ1) is 42.1. The molecule has 0 radical (unpaired) electrons. The number of nitrogens with zero attached hydrogens (tertiary/aromatic N) is 4. The number of carbonyl (C=O) groups excluding carboxylic acids is 6. The fraction of sp³-hybridized carbons (Fsp3) is 0.500. The molecule has 2 N–H and O–H groups in total. The zero-order valence-corrected chi connectivity index (χ0v) is 31.8. The average molecular weight is 807 g/mol. The molecule has 0 aromatic rings. The maximum absolute atomic E-state index is 13.7. The molecule has 6 rings (SSSR count). The molecule has 4 unspecified atom stereocenters. The average Bonchev–Trinajstić information content (AvgIpc) is 3.64. The number of carbonyl (C=O) groups is 8. The SMILES string of the molecule is O=C(O)N1C(=O)CCC(N2C=C3C=CC=CC3(CCCOCCOCCOCCOCCCC34C=CC=CC3=CN(C3CCC(=O)N(C(=O)O)C3=O)C4=O)C2=O)C1=O. The van der Waals surface area contributed by atoms with Crippen LogP contribution in [-0.2, 0) is 47.7 Å². The van der Waals surface area contributed by atoms with Gasteiger partial charge >= 0.3 is 12.2 Å². The number of amides is 8. The van der Waals surface area contributed by atoms with Crippen LogP contribution >= 0.6 is 0 Å². The maximum Gasteiger partial charge on any atom is 0.421 e. The second-order valence-corrected chi connectivity index (χ2v) is 14.4. The topological polar surface area (TPSA) is 227 Å². The molecule has 8 amide bonds. The van der Waals surface area contributed by atoms with Crippen LogP contribution < -0.4 is 0 Å². The lowest BCUT2D eigenvalue weighted by Gasteiger charge is -2.34. The Kier molecular flexibility index (Phi) is 13.3. The molecule has 18 nitrogen and oxygen atoms in total. The Balaban J connectivity index is 0.816. The quantitative estimate of drug-likeness (QED) is 0.141. The van der Waals surface area contributed by atoms with Gasteiger partial charge in [0.15, 0.2) is 0 Å². The van der Waals surface area contributed by atoms with E-state index in [1.54, 1.807) is 61.0 Å². The number of ether oxygens (including phenoxy) is 4. The highest BCUT2D eigenvalue weighted by atomic mass is 16.6. The van der Waals surface area contributed by atoms with Gasteiger partial charge in [0.1, 0.15) is 12.1 Å². The number of piperidine rings is 2. The monoisotopic (exact) mass is 806 g/mol. The van der Waals surface area contributed by atoms with E-state index in [1.807, 2.05) is 0 Å². The minimum absolute atomic E-state index is 0.0438. The van der Waals surface area contributed by atoms with Crippen LogP contribution in [0.25, 0.3) is 0 Å². The fourth-order valence-corrected chi connectivity index (χ4v) is 8.08. The van der Waals surface area contributed by atoms with Gasteiger partial charge in [-0.1, -0.05) is 48.6 Å². The first-order valence-electron chi connectivity index (χ1n) is 19.3. The van der Waals surface area contributed by atoms with Gasteiger partial charge in [0.2, 0.25) is 23.6 Å². The summed E-state index contributed by atoms with van der Waals surface area (Å²) in [5.41, 5.74) is -0.646. The van der Waals surface area contributed by atoms with Crippen LogP contribution in [0.4, 0.5) is 9.59 Å². The van der Waals surface area contributed by atoms with E-state index in [0.29, 0.717) is 89.7 Å². The van der Waals surface area contributed by atoms with Crippen molar-refractivity contribution in [2.75, 3.05) is 52.9 Å². The summed E-state index contributed by atoms with van der Waals surface area (Å²) in [6.45, 7) is 2.69. The molecule has 2 fully saturated rings. The normalized spacial score (nSPS) is 26.5. The molecule has 6 aliphatic rings. The Morgan fingerprint density at radius 1 is 0.569 bits per heavy atom. The van der Waals surface area contributed by atoms with Crippen LogP contribution in [0.2, 0.25) is 0 Å². The highest BCUT2D eigenvalue weighted by Gasteiger charge is 2.53. The Bertz CT molecular complexity index is 1770. The number of fused-ring (bicyclic) bond motifs is 2. The lowest BCUT2D eigenvalue weighted by molar-refractivity contribution is -0.154. The predicted molar refractivity (Wildman–Crippen MR) is 199 cm³/mol. The van der Waals surface area contributed by atoms with Crippen molar-refractivity contribution in [3.05, 3.63) is 72.2 Å². The molecule has 4 heterocycles. The number of carboxylic acid groups (broad SMARTS) is 2. The molecule has 18 heteroatoms. The van der Waals surface area contributed by atoms with Crippen molar-refractivity contribution in [3.8, 4) is 0 Å². The number of imide groups is 6. The number of hydrogen-bond donors (Lipinski definition) is 2. The van der Waals surface area contributed by atoms with Crippen molar-refractivity contribution in [3.63, 3.8) is 0 Å². The first-order valence-corrected chi connectivity index (χ1v) is 19.3. The van der Waals surface area contributed by atoms with Crippen molar-refractivity contribution < 1.29 is 67.5 Å². The van der Waals surface area contributed by atoms with Crippen molar-refractivity contribution in [1.82, 2.24) is 19.6 Å². The summed E-state index contributed by atoms with van der Waals surface area (Å²) in [4.78, 5) is 103. The first-order chi connectivity index (χ1) is 27.9. The number of allylic oxidation sites excluding steroid dienone is 6. The summed E-state index contributed by atoms with van der Waals surface area (Å²) in [6.07, 6.45) is 15.7. The second-order valence-electron chi connectivity index (χ2n) is 14.4. The Labute approximate surface area is 333 Å². The number of rotatable bonds is 19. The van der Waals surface area contributed by atoms with Crippen molar-refractivity contribution in [2.45, 2.75) is 63.5 Å². The predicted octanol–water partition coefficient (Wildman–Crippen LogP) is 2.68. The summed E-state index contributed by atoms with van der Waals surface area (Å²) in [5, 5.41) is 18.7. The zero-order valence-electron chi connectivity index (χ0n) is 31.8. The molecule has 4 aliphatic heterocycles. The van der Waals surface area contributed by atoms with Gasteiger partial charge in [-0.15, -0.1) is 0 Å². The minimum Gasteiger partial charge on any atom is -0.464 e. The van der Waals surface area contributed by atoms with Crippen LogP contribution in [0.3, 0.4) is 0 Å². The maximum atomic E-state index is 13.7. The van der Waals surface area contributed by atoms with Gasteiger partial charge in [0.25, 0.3) is 11.8 Å². The largest absolute Gasteiger partial charge is 0.464 e. The van der Waals surface area contributed by atoms with Gasteiger partial charge in [-0.25, -0.2) is 9.59 Å². The van der Waals surface area contributed by atoms with Crippen LogP contribution in [0.5, 0.6) is 0 Å². The van der Waals surface area contributed by atoms with Crippen molar-refractivity contribution >= 4 is 47.6 Å². The van der Waals surface area contributed by atoms with E-state index in [1.165, 1.54) is 9.80 Å². The van der Waals surface area contributed by atoms with Gasteiger partial charge < -0.3 is 39.0 Å². The van der Waals surface area contributed by atoms with Crippen molar-refractivity contribution in [2.24, 2.45) is 10.8 Å². The van der Waals surface area contributed by atoms with E-state index in [2.05, 4.69) is 0 Å². The van der Waals surface area contributed by atoms with E-state index in [0.717, 1.165) is 0 Å². The van der Waals surface area contributed by atoms with E-state index >= 15 is 0 Å². The third-order valence-corrected chi connectivity index (χ3v) is 11.0. The van der Waals surface area contributed by atoms with Crippen LogP contribution in [0.1, 0.15) is 51.4 Å². The van der Waals surface area contributed by atoms with Crippen LogP contribution in [-0.4, -0.2) is 142 Å². The van der Waals surface area contributed by atoms with E-state index in [4.69, 9.17) is 18.9 Å². The summed E-state index contributed by atoms with van der Waals surface area (Å²) < 4.78 is 22.6. The molecule has 0 aromatic heterocycles. The van der Waals surface area contributed by atoms with Crippen LogP contribution in [0.15, 0.2) is 72.2 Å². The van der Waals surface area contributed by atoms with E-state index < -0.39 is 58.7 Å². The molecular formula is C40H46N4O14. The number of hydrogen-bond acceptors (Lipinski definition) is 12. The molecule has 4 atom stereocenters. The van der Waals surface area contributed by atoms with Gasteiger partial charge in [0.05, 0.1) is 50.5 Å². The molecule has 0 aromatic carbocycles. The second kappa shape index (κ2) is 18.4. The lowest BCUT2D eigenvalue weighted by Crippen LogP contribution is -2.56. The molecule has 2 aliphatic carbocycles. The third-order valence-electron chi connectivity index (χ3n) is 11.0. The molecule has 0 saturated carbocycles. The Hall–Kier alpha value is -5.56. The Morgan fingerprint density at radius 2 is 0.931 bits per heavy atom. The standard InChI is InChI=1S/C40H46N4O14/c45-31-11-9-29(33(47)43(31)37(51)52)41-25-27-7-1-3-13-39(27,35(41)49)15-5-17-55-19-21-57-23-24-58-22-20-56-18-6-16-40-14-4-2-8-28(40)26-42(36(40)50)30-10-12-32(46)44(34(30)48)38(53)54/h1-4,7-8,13-14,25-26,29-30H,5-6,9-12,15-24H2,(H,51,52)(H,53,54). The summed E-state index contributed by atoms with van der Waals surface area (Å²) >= 11 is 0. The molecule has 2 saturated heterocycles. The van der Waals surface area contributed by atoms with E-state index in [-0.39, 0.29) is 47.3 Å². The molecular weight excluding hydrogens is 760 g/mol. The summed E-state index contributed by atoms with van der Waals surface area (Å²) in [7, 11) is 0. The van der Waals surface area contributed by atoms with Crippen molar-refractivity contribution in [1.29, 1.82) is 0 Å². The van der Waals surface area contributed by atoms with Gasteiger partial charge in [-0.2, -0.15) is 9.80 Å². The molecule has 0 bridgehead atoms. The molecule has 310 valence electrons. The smallest absolute Gasteiger partial charge is 0.421 e. The van der Waals surface area contributed by atoms with Gasteiger partial charge in [0, 0.05) is 38.5 Å². The minimum atomic E-state index is -1.66. The third kappa shape index (κ3) is 8.36. The fourth-order valence-electron chi connectivity index (χ4n) is 8.08. The van der Waals surface area contributed by atoms with Gasteiger partial charge in [-0.05, 0) is 49.7 Å². The highest BCUT2D eigenvalue weighted by molar-refractivity contribution is 6.14. The van der Waals surface area contributed by atoms with Gasteiger partial charge in [-0.3, -0.25) is 28.8 Å². The number of likely N-dealkylation sites (tertiary alicyclic amines) is 2. The summed E-state index contributed by atoms with van der Waals surface area (Å²) in [6, 6.07) is -2.16. The Morgan fingerprint density at radius 3 is 1.29 bits per heavy atom. The van der Waals surface area contributed by atoms with E-state index in [9.17, 15) is 48.6 Å². The molecule has 58 heavy (non-hydrogen) atoms. The zero-order chi connectivity index (χ0) is 41.5. The van der Waals surface area contributed by atoms with Crippen LogP contribution in [0, 0.1) is 10.8 Å².